The van der Waals surface area contributed by atoms with Crippen molar-refractivity contribution in [3.05, 3.63) is 29.9 Å². The summed E-state index contributed by atoms with van der Waals surface area (Å²) in [5.74, 6) is 0.658. The Morgan fingerprint density at radius 1 is 1.32 bits per heavy atom. The number of nitrogens with zero attached hydrogens (tertiary/aromatic N) is 2. The van der Waals surface area contributed by atoms with Gasteiger partial charge in [-0.25, -0.2) is 4.39 Å². The van der Waals surface area contributed by atoms with E-state index in [0.29, 0.717) is 23.9 Å². The summed E-state index contributed by atoms with van der Waals surface area (Å²) in [5.41, 5.74) is 0.183. The zero-order valence-electron chi connectivity index (χ0n) is 12.8. The Labute approximate surface area is 128 Å². The second-order valence-electron chi connectivity index (χ2n) is 5.41. The molecule has 1 heterocycles. The number of hydrogen-bond donors (Lipinski definition) is 0. The van der Waals surface area contributed by atoms with Crippen LogP contribution in [0.15, 0.2) is 22.7 Å². The molecule has 0 N–H and O–H groups in total. The molecule has 0 unspecified atom stereocenters. The molecular weight excluding hydrogens is 287 g/mol. The number of rotatable bonds is 5. The van der Waals surface area contributed by atoms with Crippen LogP contribution in [0.2, 0.25) is 0 Å². The molecule has 6 heteroatoms. The topological polar surface area (TPSA) is 57.4 Å². The van der Waals surface area contributed by atoms with Gasteiger partial charge in [0.05, 0.1) is 7.11 Å². The molecular formula is C16H19FN2O3. The lowest BCUT2D eigenvalue weighted by Gasteiger charge is -2.24. The summed E-state index contributed by atoms with van der Waals surface area (Å²) in [7, 11) is 1.42. The first-order valence-corrected chi connectivity index (χ1v) is 7.50. The molecule has 0 spiro atoms. The second kappa shape index (κ2) is 6.04. The first kappa shape index (κ1) is 15.0. The first-order chi connectivity index (χ1) is 10.7. The summed E-state index contributed by atoms with van der Waals surface area (Å²) in [4.78, 5) is 4.48. The fraction of sp³-hybridized carbons (Fsp3) is 0.500. The van der Waals surface area contributed by atoms with Gasteiger partial charge in [0.15, 0.2) is 11.6 Å². The van der Waals surface area contributed by atoms with Gasteiger partial charge in [-0.3, -0.25) is 0 Å². The third-order valence-corrected chi connectivity index (χ3v) is 4.06. The second-order valence-corrected chi connectivity index (χ2v) is 5.41. The van der Waals surface area contributed by atoms with Crippen molar-refractivity contribution in [1.82, 2.24) is 10.1 Å². The molecule has 1 aliphatic rings. The van der Waals surface area contributed by atoms with Gasteiger partial charge in [0.2, 0.25) is 5.82 Å². The van der Waals surface area contributed by atoms with Gasteiger partial charge in [-0.15, -0.1) is 0 Å². The minimum atomic E-state index is -0.468. The summed E-state index contributed by atoms with van der Waals surface area (Å²) in [5, 5.41) is 4.02. The van der Waals surface area contributed by atoms with E-state index in [4.69, 9.17) is 14.0 Å². The molecule has 0 amide bonds. The van der Waals surface area contributed by atoms with Crippen molar-refractivity contribution in [1.29, 1.82) is 0 Å². The molecule has 2 aromatic rings. The third-order valence-electron chi connectivity index (χ3n) is 4.06. The Balaban J connectivity index is 1.93. The van der Waals surface area contributed by atoms with Gasteiger partial charge < -0.3 is 14.0 Å². The molecule has 1 saturated carbocycles. The molecule has 5 nitrogen and oxygen atoms in total. The fourth-order valence-electron chi connectivity index (χ4n) is 2.97. The van der Waals surface area contributed by atoms with Crippen molar-refractivity contribution in [2.75, 3.05) is 13.7 Å². The van der Waals surface area contributed by atoms with Crippen LogP contribution in [0.5, 0.6) is 5.75 Å². The van der Waals surface area contributed by atoms with E-state index >= 15 is 0 Å². The summed E-state index contributed by atoms with van der Waals surface area (Å²) in [6, 6.07) is 4.50. The number of methoxy groups -OCH3 is 1. The largest absolute Gasteiger partial charge is 0.494 e. The monoisotopic (exact) mass is 306 g/mol. The maximum atomic E-state index is 13.5. The summed E-state index contributed by atoms with van der Waals surface area (Å²) < 4.78 is 29.8. The molecule has 0 atom stereocenters. The van der Waals surface area contributed by atoms with Crippen LogP contribution in [0.3, 0.4) is 0 Å². The molecule has 0 radical (unpaired) electrons. The van der Waals surface area contributed by atoms with Crippen molar-refractivity contribution in [3.63, 3.8) is 0 Å². The Morgan fingerprint density at radius 2 is 2.09 bits per heavy atom. The molecule has 1 aromatic carbocycles. The van der Waals surface area contributed by atoms with Crippen LogP contribution in [0.25, 0.3) is 11.4 Å². The minimum Gasteiger partial charge on any atom is -0.494 e. The molecule has 118 valence electrons. The van der Waals surface area contributed by atoms with Crippen molar-refractivity contribution in [3.8, 4) is 17.1 Å². The maximum absolute atomic E-state index is 13.5. The van der Waals surface area contributed by atoms with Gasteiger partial charge >= 0.3 is 0 Å². The normalized spacial score (nSPS) is 16.9. The zero-order valence-corrected chi connectivity index (χ0v) is 12.8. The quantitative estimate of drug-likeness (QED) is 0.843. The zero-order chi connectivity index (χ0) is 15.6. The number of ether oxygens (including phenoxy) is 2. The highest BCUT2D eigenvalue weighted by Gasteiger charge is 2.41. The highest BCUT2D eigenvalue weighted by molar-refractivity contribution is 5.57. The van der Waals surface area contributed by atoms with E-state index in [0.717, 1.165) is 25.7 Å². The van der Waals surface area contributed by atoms with Gasteiger partial charge in [0.25, 0.3) is 5.89 Å². The van der Waals surface area contributed by atoms with E-state index in [-0.39, 0.29) is 5.75 Å². The molecule has 0 aliphatic heterocycles. The van der Waals surface area contributed by atoms with Crippen LogP contribution in [0.4, 0.5) is 4.39 Å². The molecule has 0 bridgehead atoms. The van der Waals surface area contributed by atoms with E-state index in [2.05, 4.69) is 10.1 Å². The lowest BCUT2D eigenvalue weighted by atomic mass is 10.0. The van der Waals surface area contributed by atoms with E-state index in [1.807, 2.05) is 6.92 Å². The Kier molecular flexibility index (Phi) is 4.11. The lowest BCUT2D eigenvalue weighted by molar-refractivity contribution is -0.0610. The summed E-state index contributed by atoms with van der Waals surface area (Å²) in [6.07, 6.45) is 3.94. The van der Waals surface area contributed by atoms with Gasteiger partial charge in [-0.05, 0) is 50.8 Å². The SMILES string of the molecule is CCOC1(c2nc(-c3ccc(F)c(OC)c3)no2)CCCC1. The molecule has 3 rings (SSSR count). The molecule has 1 aliphatic carbocycles. The molecule has 0 saturated heterocycles. The third kappa shape index (κ3) is 2.59. The standard InChI is InChI=1S/C16H19FN2O3/c1-3-21-16(8-4-5-9-16)15-18-14(19-22-15)11-6-7-12(17)13(10-11)20-2/h6-7,10H,3-5,8-9H2,1-2H3. The fourth-order valence-corrected chi connectivity index (χ4v) is 2.97. The lowest BCUT2D eigenvalue weighted by Crippen LogP contribution is -2.26. The van der Waals surface area contributed by atoms with Gasteiger partial charge in [-0.1, -0.05) is 5.16 Å². The van der Waals surface area contributed by atoms with E-state index in [1.54, 1.807) is 12.1 Å². The van der Waals surface area contributed by atoms with Crippen molar-refractivity contribution >= 4 is 0 Å². The van der Waals surface area contributed by atoms with Crippen molar-refractivity contribution in [2.24, 2.45) is 0 Å². The molecule has 22 heavy (non-hydrogen) atoms. The molecule has 1 aromatic heterocycles. The van der Waals surface area contributed by atoms with Crippen LogP contribution in [0.1, 0.15) is 38.5 Å². The Hall–Kier alpha value is -1.95. The predicted molar refractivity (Wildman–Crippen MR) is 78.0 cm³/mol. The number of hydrogen-bond acceptors (Lipinski definition) is 5. The highest BCUT2D eigenvalue weighted by Crippen LogP contribution is 2.41. The average molecular weight is 306 g/mol. The smallest absolute Gasteiger partial charge is 0.259 e. The predicted octanol–water partition coefficient (Wildman–Crippen LogP) is 3.69. The Morgan fingerprint density at radius 3 is 2.77 bits per heavy atom. The summed E-state index contributed by atoms with van der Waals surface area (Å²) >= 11 is 0. The molecule has 1 fully saturated rings. The first-order valence-electron chi connectivity index (χ1n) is 7.50. The van der Waals surface area contributed by atoms with E-state index < -0.39 is 11.4 Å². The summed E-state index contributed by atoms with van der Waals surface area (Å²) in [6.45, 7) is 2.56. The van der Waals surface area contributed by atoms with Crippen LogP contribution in [-0.2, 0) is 10.3 Å². The van der Waals surface area contributed by atoms with Crippen molar-refractivity contribution in [2.45, 2.75) is 38.2 Å². The Bertz CT molecular complexity index is 651. The highest BCUT2D eigenvalue weighted by atomic mass is 19.1. The van der Waals surface area contributed by atoms with Crippen LogP contribution in [0, 0.1) is 5.82 Å². The average Bonchev–Trinajstić information content (AvgIpc) is 3.18. The van der Waals surface area contributed by atoms with Crippen LogP contribution >= 0.6 is 0 Å². The van der Waals surface area contributed by atoms with E-state index in [9.17, 15) is 4.39 Å². The van der Waals surface area contributed by atoms with Gasteiger partial charge in [0, 0.05) is 12.2 Å². The van der Waals surface area contributed by atoms with E-state index in [1.165, 1.54) is 13.2 Å². The minimum absolute atomic E-state index is 0.157. The number of aromatic nitrogens is 2. The van der Waals surface area contributed by atoms with Crippen LogP contribution in [-0.4, -0.2) is 23.9 Å². The van der Waals surface area contributed by atoms with Crippen molar-refractivity contribution < 1.29 is 18.4 Å². The number of halogens is 1. The van der Waals surface area contributed by atoms with Gasteiger partial charge in [-0.2, -0.15) is 4.98 Å². The number of benzene rings is 1. The van der Waals surface area contributed by atoms with Crippen LogP contribution < -0.4 is 4.74 Å². The maximum Gasteiger partial charge on any atom is 0.259 e. The van der Waals surface area contributed by atoms with Gasteiger partial charge in [0.1, 0.15) is 5.60 Å².